The third-order valence-corrected chi connectivity index (χ3v) is 4.08. The van der Waals surface area contributed by atoms with Crippen molar-refractivity contribution >= 4 is 28.5 Å². The summed E-state index contributed by atoms with van der Waals surface area (Å²) < 4.78 is 5.41. The van der Waals surface area contributed by atoms with E-state index in [-0.39, 0.29) is 11.9 Å². The number of fused-ring (bicyclic) bond motifs is 1. The monoisotopic (exact) mass is 362 g/mol. The number of aromatic nitrogens is 1. The number of aryl methyl sites for hydroxylation is 2. The van der Waals surface area contributed by atoms with Crippen LogP contribution in [-0.4, -0.2) is 24.0 Å². The minimum Gasteiger partial charge on any atom is -0.494 e. The van der Waals surface area contributed by atoms with E-state index in [9.17, 15) is 0 Å². The molecule has 138 valence electrons. The Balaban J connectivity index is 1.83. The molecule has 7 heteroatoms. The number of guanidine groups is 2. The molecule has 0 bridgehead atoms. The van der Waals surface area contributed by atoms with Crippen LogP contribution in [0.2, 0.25) is 0 Å². The lowest BCUT2D eigenvalue weighted by molar-refractivity contribution is 0.419. The van der Waals surface area contributed by atoms with Gasteiger partial charge in [-0.25, -0.2) is 9.98 Å². The van der Waals surface area contributed by atoms with E-state index < -0.39 is 0 Å². The third-order valence-electron chi connectivity index (χ3n) is 4.08. The van der Waals surface area contributed by atoms with Crippen LogP contribution in [0.3, 0.4) is 0 Å². The molecular formula is C20H22N6O. The first kappa shape index (κ1) is 18.2. The number of hydrogen-bond donors (Lipinski definition) is 3. The summed E-state index contributed by atoms with van der Waals surface area (Å²) in [6.07, 6.45) is 1.51. The fraction of sp³-hybridized carbons (Fsp3) is 0.150. The molecule has 0 aliphatic carbocycles. The molecule has 0 fully saturated rings. The topological polar surface area (TPSA) is 125 Å². The minimum atomic E-state index is -0.122. The summed E-state index contributed by atoms with van der Waals surface area (Å²) in [7, 11) is 1.65. The van der Waals surface area contributed by atoms with Crippen LogP contribution in [0, 0.1) is 0 Å². The molecule has 0 aliphatic rings. The Hall–Kier alpha value is -3.61. The summed E-state index contributed by atoms with van der Waals surface area (Å²) in [5.74, 6) is 0.670. The Labute approximate surface area is 157 Å². The maximum atomic E-state index is 5.75. The van der Waals surface area contributed by atoms with Crippen molar-refractivity contribution in [2.75, 3.05) is 7.11 Å². The Morgan fingerprint density at radius 3 is 2.56 bits per heavy atom. The normalized spacial score (nSPS) is 11.4. The minimum absolute atomic E-state index is 0.0241. The first-order valence-electron chi connectivity index (χ1n) is 8.51. The third kappa shape index (κ3) is 4.52. The SMILES string of the molecule is COc1cccc2ccc(CCc3ccccc3N=C(N)N=C(N)N)nc12. The van der Waals surface area contributed by atoms with Gasteiger partial charge in [-0.15, -0.1) is 0 Å². The standard InChI is InChI=1S/C20H22N6O/c1-27-17-8-4-6-14-10-12-15(24-18(14)17)11-9-13-5-2-3-7-16(13)25-20(23)26-19(21)22/h2-8,10,12H,9,11H2,1H3,(H6,21,22,23,25,26). The lowest BCUT2D eigenvalue weighted by Gasteiger charge is -2.08. The quantitative estimate of drug-likeness (QED) is 0.474. The number of nitrogens with zero attached hydrogens (tertiary/aromatic N) is 3. The number of hydrogen-bond acceptors (Lipinski definition) is 3. The van der Waals surface area contributed by atoms with Crippen molar-refractivity contribution in [3.8, 4) is 5.75 Å². The molecule has 0 spiro atoms. The van der Waals surface area contributed by atoms with Gasteiger partial charge in [-0.2, -0.15) is 4.99 Å². The highest BCUT2D eigenvalue weighted by atomic mass is 16.5. The average Bonchev–Trinajstić information content (AvgIpc) is 2.66. The maximum absolute atomic E-state index is 5.75. The summed E-state index contributed by atoms with van der Waals surface area (Å²) >= 11 is 0. The molecule has 0 aliphatic heterocycles. The summed E-state index contributed by atoms with van der Waals surface area (Å²) in [4.78, 5) is 12.8. The largest absolute Gasteiger partial charge is 0.494 e. The highest BCUT2D eigenvalue weighted by molar-refractivity contribution is 5.93. The summed E-state index contributed by atoms with van der Waals surface area (Å²) in [5, 5.41) is 1.05. The molecule has 3 aromatic rings. The molecule has 2 aromatic carbocycles. The van der Waals surface area contributed by atoms with Crippen molar-refractivity contribution in [3.05, 3.63) is 65.9 Å². The molecular weight excluding hydrogens is 340 g/mol. The molecule has 0 unspecified atom stereocenters. The van der Waals surface area contributed by atoms with Gasteiger partial charge in [-0.05, 0) is 36.6 Å². The van der Waals surface area contributed by atoms with Crippen LogP contribution >= 0.6 is 0 Å². The Morgan fingerprint density at radius 1 is 0.963 bits per heavy atom. The predicted octanol–water partition coefficient (Wildman–Crippen LogP) is 2.25. The molecule has 0 amide bonds. The van der Waals surface area contributed by atoms with Crippen molar-refractivity contribution in [1.29, 1.82) is 0 Å². The molecule has 1 aromatic heterocycles. The zero-order valence-corrected chi connectivity index (χ0v) is 15.1. The highest BCUT2D eigenvalue weighted by Gasteiger charge is 2.07. The molecule has 3 rings (SSSR count). The summed E-state index contributed by atoms with van der Waals surface area (Å²) in [5.41, 5.74) is 20.0. The summed E-state index contributed by atoms with van der Waals surface area (Å²) in [6.45, 7) is 0. The molecule has 0 saturated heterocycles. The van der Waals surface area contributed by atoms with Gasteiger partial charge in [0.2, 0.25) is 5.96 Å². The first-order chi connectivity index (χ1) is 13.1. The number of aliphatic imine (C=N–C) groups is 2. The van der Waals surface area contributed by atoms with Crippen molar-refractivity contribution in [3.63, 3.8) is 0 Å². The number of ether oxygens (including phenoxy) is 1. The van der Waals surface area contributed by atoms with E-state index in [1.807, 2.05) is 48.5 Å². The van der Waals surface area contributed by atoms with E-state index in [1.54, 1.807) is 7.11 Å². The van der Waals surface area contributed by atoms with Gasteiger partial charge in [-0.1, -0.05) is 36.4 Å². The second-order valence-electron chi connectivity index (χ2n) is 5.97. The van der Waals surface area contributed by atoms with Crippen molar-refractivity contribution in [2.24, 2.45) is 27.2 Å². The Kier molecular flexibility index (Phi) is 5.51. The molecule has 7 nitrogen and oxygen atoms in total. The zero-order valence-electron chi connectivity index (χ0n) is 15.1. The van der Waals surface area contributed by atoms with Crippen LogP contribution in [0.1, 0.15) is 11.3 Å². The van der Waals surface area contributed by atoms with E-state index in [2.05, 4.69) is 16.1 Å². The zero-order chi connectivity index (χ0) is 19.2. The van der Waals surface area contributed by atoms with Crippen molar-refractivity contribution in [2.45, 2.75) is 12.8 Å². The van der Waals surface area contributed by atoms with Crippen LogP contribution in [0.4, 0.5) is 5.69 Å². The highest BCUT2D eigenvalue weighted by Crippen LogP contribution is 2.25. The average molecular weight is 362 g/mol. The van der Waals surface area contributed by atoms with E-state index >= 15 is 0 Å². The molecule has 0 saturated carbocycles. The van der Waals surface area contributed by atoms with Gasteiger partial charge in [0.25, 0.3) is 0 Å². The van der Waals surface area contributed by atoms with Crippen molar-refractivity contribution in [1.82, 2.24) is 4.98 Å². The van der Waals surface area contributed by atoms with Crippen LogP contribution < -0.4 is 21.9 Å². The van der Waals surface area contributed by atoms with Crippen LogP contribution in [-0.2, 0) is 12.8 Å². The van der Waals surface area contributed by atoms with E-state index in [0.29, 0.717) is 0 Å². The van der Waals surface area contributed by atoms with Gasteiger partial charge in [0.05, 0.1) is 12.8 Å². The number of benzene rings is 2. The Morgan fingerprint density at radius 2 is 1.78 bits per heavy atom. The maximum Gasteiger partial charge on any atom is 0.223 e. The van der Waals surface area contributed by atoms with E-state index in [4.69, 9.17) is 26.9 Å². The van der Waals surface area contributed by atoms with Gasteiger partial charge in [0.15, 0.2) is 5.96 Å². The molecule has 0 radical (unpaired) electrons. The molecule has 6 N–H and O–H groups in total. The van der Waals surface area contributed by atoms with Crippen LogP contribution in [0.5, 0.6) is 5.75 Å². The summed E-state index contributed by atoms with van der Waals surface area (Å²) in [6, 6.07) is 17.7. The van der Waals surface area contributed by atoms with Gasteiger partial charge in [-0.3, -0.25) is 0 Å². The number of rotatable bonds is 5. The lowest BCUT2D eigenvalue weighted by Crippen LogP contribution is -2.26. The Bertz CT molecular complexity index is 1010. The van der Waals surface area contributed by atoms with Gasteiger partial charge >= 0.3 is 0 Å². The predicted molar refractivity (Wildman–Crippen MR) is 109 cm³/mol. The molecule has 1 heterocycles. The van der Waals surface area contributed by atoms with Gasteiger partial charge < -0.3 is 21.9 Å². The second kappa shape index (κ2) is 8.18. The number of methoxy groups -OCH3 is 1. The molecule has 0 atom stereocenters. The van der Waals surface area contributed by atoms with Gasteiger partial charge in [0.1, 0.15) is 11.3 Å². The fourth-order valence-corrected chi connectivity index (χ4v) is 2.84. The van der Waals surface area contributed by atoms with E-state index in [1.165, 1.54) is 0 Å². The lowest BCUT2D eigenvalue weighted by atomic mass is 10.1. The number of pyridine rings is 1. The van der Waals surface area contributed by atoms with Crippen molar-refractivity contribution < 1.29 is 4.74 Å². The smallest absolute Gasteiger partial charge is 0.223 e. The number of nitrogens with two attached hydrogens (primary N) is 3. The van der Waals surface area contributed by atoms with E-state index in [0.717, 1.165) is 46.4 Å². The van der Waals surface area contributed by atoms with Crippen LogP contribution in [0.15, 0.2) is 64.6 Å². The van der Waals surface area contributed by atoms with Crippen LogP contribution in [0.25, 0.3) is 10.9 Å². The first-order valence-corrected chi connectivity index (χ1v) is 8.51. The van der Waals surface area contributed by atoms with Gasteiger partial charge in [0, 0.05) is 11.1 Å². The second-order valence-corrected chi connectivity index (χ2v) is 5.97. The number of para-hydroxylation sites is 2. The molecule has 27 heavy (non-hydrogen) atoms. The fourth-order valence-electron chi connectivity index (χ4n) is 2.84.